The normalized spacial score (nSPS) is 10.8. The number of nitro groups is 1. The van der Waals surface area contributed by atoms with Crippen LogP contribution in [0.2, 0.25) is 15.1 Å². The van der Waals surface area contributed by atoms with Gasteiger partial charge < -0.3 is 9.47 Å². The lowest BCUT2D eigenvalue weighted by Gasteiger charge is -2.14. The molecule has 0 bridgehead atoms. The third-order valence-corrected chi connectivity index (χ3v) is 5.23. The van der Waals surface area contributed by atoms with E-state index in [9.17, 15) is 14.9 Å². The number of para-hydroxylation sites is 1. The van der Waals surface area contributed by atoms with Crippen molar-refractivity contribution in [1.29, 1.82) is 0 Å². The molecule has 1 N–H and O–H groups in total. The van der Waals surface area contributed by atoms with Gasteiger partial charge in [-0.3, -0.25) is 14.9 Å². The molecule has 170 valence electrons. The van der Waals surface area contributed by atoms with Gasteiger partial charge in [0.15, 0.2) is 11.5 Å². The highest BCUT2D eigenvalue weighted by Gasteiger charge is 2.18. The van der Waals surface area contributed by atoms with Gasteiger partial charge in [0.2, 0.25) is 0 Å². The molecular weight excluding hydrogens is 493 g/mol. The largest absolute Gasteiger partial charge is 0.493 e. The Kier molecular flexibility index (Phi) is 8.11. The zero-order valence-electron chi connectivity index (χ0n) is 17.1. The summed E-state index contributed by atoms with van der Waals surface area (Å²) in [5.41, 5.74) is 3.03. The number of hydrazone groups is 1. The van der Waals surface area contributed by atoms with E-state index in [1.807, 2.05) is 0 Å². The average molecular weight is 509 g/mol. The standard InChI is InChI=1S/C22H16Cl3N3O5/c1-32-20-9-13(11-26-27-22(29)16-4-2-3-5-19(16)28(30)31)8-18(25)21(20)33-12-14-6-7-15(23)10-17(14)24/h2-11H,12H2,1H3,(H,27,29)/b26-11-. The van der Waals surface area contributed by atoms with Crippen molar-refractivity contribution in [2.75, 3.05) is 7.11 Å². The highest BCUT2D eigenvalue weighted by molar-refractivity contribution is 6.35. The number of benzene rings is 3. The maximum absolute atomic E-state index is 12.3. The van der Waals surface area contributed by atoms with Crippen molar-refractivity contribution in [2.45, 2.75) is 6.61 Å². The van der Waals surface area contributed by atoms with Gasteiger partial charge in [-0.1, -0.05) is 53.0 Å². The molecule has 0 heterocycles. The van der Waals surface area contributed by atoms with Crippen LogP contribution in [0.4, 0.5) is 5.69 Å². The van der Waals surface area contributed by atoms with Crippen LogP contribution in [-0.4, -0.2) is 24.2 Å². The minimum Gasteiger partial charge on any atom is -0.493 e. The first-order chi connectivity index (χ1) is 15.8. The Bertz CT molecular complexity index is 1230. The molecule has 0 saturated heterocycles. The molecular formula is C22H16Cl3N3O5. The maximum atomic E-state index is 12.3. The van der Waals surface area contributed by atoms with Crippen molar-refractivity contribution < 1.29 is 19.2 Å². The number of carbonyl (C=O) groups excluding carboxylic acids is 1. The smallest absolute Gasteiger partial charge is 0.282 e. The summed E-state index contributed by atoms with van der Waals surface area (Å²) >= 11 is 18.4. The average Bonchev–Trinajstić information content (AvgIpc) is 2.79. The number of nitro benzene ring substituents is 1. The fourth-order valence-electron chi connectivity index (χ4n) is 2.79. The summed E-state index contributed by atoms with van der Waals surface area (Å²) in [6, 6.07) is 13.8. The van der Waals surface area contributed by atoms with Crippen LogP contribution in [-0.2, 0) is 6.61 Å². The first kappa shape index (κ1) is 24.3. The molecule has 0 spiro atoms. The fraction of sp³-hybridized carbons (Fsp3) is 0.0909. The molecule has 8 nitrogen and oxygen atoms in total. The van der Waals surface area contributed by atoms with Gasteiger partial charge in [0, 0.05) is 21.7 Å². The fourth-order valence-corrected chi connectivity index (χ4v) is 3.53. The quantitative estimate of drug-likeness (QED) is 0.232. The molecule has 0 saturated carbocycles. The summed E-state index contributed by atoms with van der Waals surface area (Å²) in [5, 5.41) is 16.1. The number of methoxy groups -OCH3 is 1. The van der Waals surface area contributed by atoms with Crippen molar-refractivity contribution >= 4 is 52.6 Å². The predicted molar refractivity (Wildman–Crippen MR) is 127 cm³/mol. The summed E-state index contributed by atoms with van der Waals surface area (Å²) in [5.74, 6) is -0.0956. The number of halogens is 3. The summed E-state index contributed by atoms with van der Waals surface area (Å²) in [6.45, 7) is 0.130. The second-order valence-corrected chi connectivity index (χ2v) is 7.78. The van der Waals surface area contributed by atoms with Crippen LogP contribution in [0.3, 0.4) is 0 Å². The zero-order chi connectivity index (χ0) is 24.0. The second-order valence-electron chi connectivity index (χ2n) is 6.53. The summed E-state index contributed by atoms with van der Waals surface area (Å²) in [7, 11) is 1.45. The predicted octanol–water partition coefficient (Wildman–Crippen LogP) is 5.91. The van der Waals surface area contributed by atoms with Gasteiger partial charge in [0.1, 0.15) is 12.2 Å². The van der Waals surface area contributed by atoms with E-state index in [-0.39, 0.29) is 22.9 Å². The van der Waals surface area contributed by atoms with Crippen LogP contribution in [0.15, 0.2) is 59.7 Å². The molecule has 0 atom stereocenters. The molecule has 3 aromatic carbocycles. The summed E-state index contributed by atoms with van der Waals surface area (Å²) in [4.78, 5) is 22.7. The lowest BCUT2D eigenvalue weighted by Crippen LogP contribution is -2.18. The number of rotatable bonds is 8. The first-order valence-corrected chi connectivity index (χ1v) is 10.4. The Balaban J connectivity index is 1.73. The number of carbonyl (C=O) groups is 1. The van der Waals surface area contributed by atoms with E-state index >= 15 is 0 Å². The van der Waals surface area contributed by atoms with Gasteiger partial charge in [-0.2, -0.15) is 5.10 Å². The zero-order valence-corrected chi connectivity index (χ0v) is 19.3. The molecule has 0 aliphatic heterocycles. The highest BCUT2D eigenvalue weighted by Crippen LogP contribution is 2.37. The SMILES string of the molecule is COc1cc(/C=N\NC(=O)c2ccccc2[N+](=O)[O-])cc(Cl)c1OCc1ccc(Cl)cc1Cl. The number of amides is 1. The van der Waals surface area contributed by atoms with Crippen LogP contribution >= 0.6 is 34.8 Å². The molecule has 0 unspecified atom stereocenters. The third kappa shape index (κ3) is 6.13. The van der Waals surface area contributed by atoms with E-state index in [0.29, 0.717) is 32.7 Å². The van der Waals surface area contributed by atoms with Gasteiger partial charge in [-0.05, 0) is 35.9 Å². The summed E-state index contributed by atoms with van der Waals surface area (Å²) < 4.78 is 11.2. The number of ether oxygens (including phenoxy) is 2. The number of hydrogen-bond acceptors (Lipinski definition) is 6. The van der Waals surface area contributed by atoms with Gasteiger partial charge in [0.25, 0.3) is 11.6 Å². The van der Waals surface area contributed by atoms with Crippen LogP contribution in [0, 0.1) is 10.1 Å². The molecule has 0 aliphatic rings. The molecule has 3 rings (SSSR count). The Morgan fingerprint density at radius 1 is 1.12 bits per heavy atom. The van der Waals surface area contributed by atoms with Crippen molar-refractivity contribution in [1.82, 2.24) is 5.43 Å². The van der Waals surface area contributed by atoms with Crippen molar-refractivity contribution in [3.8, 4) is 11.5 Å². The van der Waals surface area contributed by atoms with E-state index in [1.165, 1.54) is 37.6 Å². The number of hydrogen-bond donors (Lipinski definition) is 1. The monoisotopic (exact) mass is 507 g/mol. The van der Waals surface area contributed by atoms with E-state index in [0.717, 1.165) is 0 Å². The van der Waals surface area contributed by atoms with Crippen LogP contribution in [0.1, 0.15) is 21.5 Å². The van der Waals surface area contributed by atoms with Crippen LogP contribution < -0.4 is 14.9 Å². The maximum Gasteiger partial charge on any atom is 0.282 e. The van der Waals surface area contributed by atoms with Crippen molar-refractivity contribution in [3.05, 3.63) is 96.5 Å². The first-order valence-electron chi connectivity index (χ1n) is 9.31. The second kappa shape index (κ2) is 11.0. The molecule has 0 aliphatic carbocycles. The molecule has 3 aromatic rings. The van der Waals surface area contributed by atoms with E-state index in [1.54, 1.807) is 30.3 Å². The topological polar surface area (TPSA) is 103 Å². The number of nitrogens with zero attached hydrogens (tertiary/aromatic N) is 2. The Labute approximate surface area is 203 Å². The van der Waals surface area contributed by atoms with Crippen LogP contribution in [0.25, 0.3) is 0 Å². The molecule has 0 aromatic heterocycles. The molecule has 1 amide bonds. The number of nitrogens with one attached hydrogen (secondary N) is 1. The van der Waals surface area contributed by atoms with Crippen LogP contribution in [0.5, 0.6) is 11.5 Å². The van der Waals surface area contributed by atoms with Gasteiger partial charge in [0.05, 0.1) is 23.3 Å². The molecule has 0 radical (unpaired) electrons. The Morgan fingerprint density at radius 3 is 2.58 bits per heavy atom. The molecule has 11 heteroatoms. The summed E-state index contributed by atoms with van der Waals surface area (Å²) in [6.07, 6.45) is 1.32. The van der Waals surface area contributed by atoms with Gasteiger partial charge >= 0.3 is 0 Å². The van der Waals surface area contributed by atoms with E-state index < -0.39 is 10.8 Å². The van der Waals surface area contributed by atoms with Crippen molar-refractivity contribution in [2.24, 2.45) is 5.10 Å². The highest BCUT2D eigenvalue weighted by atomic mass is 35.5. The lowest BCUT2D eigenvalue weighted by molar-refractivity contribution is -0.385. The van der Waals surface area contributed by atoms with E-state index in [2.05, 4.69) is 10.5 Å². The van der Waals surface area contributed by atoms with Crippen molar-refractivity contribution in [3.63, 3.8) is 0 Å². The minimum atomic E-state index is -0.726. The van der Waals surface area contributed by atoms with Gasteiger partial charge in [-0.25, -0.2) is 5.43 Å². The third-order valence-electron chi connectivity index (χ3n) is 4.36. The lowest BCUT2D eigenvalue weighted by atomic mass is 10.2. The minimum absolute atomic E-state index is 0.111. The Morgan fingerprint density at radius 2 is 1.88 bits per heavy atom. The molecule has 0 fully saturated rings. The van der Waals surface area contributed by atoms with Gasteiger partial charge in [-0.15, -0.1) is 0 Å². The Hall–Kier alpha value is -3.33. The van der Waals surface area contributed by atoms with E-state index in [4.69, 9.17) is 44.3 Å². The molecule has 33 heavy (non-hydrogen) atoms.